The first-order valence-electron chi connectivity index (χ1n) is 6.76. The van der Waals surface area contributed by atoms with Crippen LogP contribution < -0.4 is 5.32 Å². The van der Waals surface area contributed by atoms with Crippen molar-refractivity contribution in [2.24, 2.45) is 0 Å². The number of aromatic hydroxyl groups is 1. The molecule has 1 amide bonds. The van der Waals surface area contributed by atoms with Crippen LogP contribution in [-0.2, 0) is 10.4 Å². The number of anilines is 1. The van der Waals surface area contributed by atoms with Crippen molar-refractivity contribution in [2.45, 2.75) is 25.9 Å². The molecule has 3 N–H and O–H groups in total. The Morgan fingerprint density at radius 2 is 1.86 bits per heavy atom. The van der Waals surface area contributed by atoms with Crippen molar-refractivity contribution >= 4 is 11.6 Å². The molecule has 0 spiro atoms. The van der Waals surface area contributed by atoms with Crippen LogP contribution in [0.15, 0.2) is 48.5 Å². The highest BCUT2D eigenvalue weighted by Gasteiger charge is 2.26. The summed E-state index contributed by atoms with van der Waals surface area (Å²) in [5.74, 6) is -0.0989. The van der Waals surface area contributed by atoms with E-state index in [1.54, 1.807) is 38.1 Å². The number of hydrogen-bond acceptors (Lipinski definition) is 3. The molecular formula is C17H19NO3. The molecule has 0 aliphatic rings. The highest BCUT2D eigenvalue weighted by atomic mass is 16.3. The van der Waals surface area contributed by atoms with Gasteiger partial charge in [-0.2, -0.15) is 0 Å². The lowest BCUT2D eigenvalue weighted by Crippen LogP contribution is -2.28. The summed E-state index contributed by atoms with van der Waals surface area (Å²) in [6, 6.07) is 13.9. The second-order valence-electron chi connectivity index (χ2n) is 5.37. The van der Waals surface area contributed by atoms with E-state index in [0.717, 1.165) is 0 Å². The Bertz CT molecular complexity index is 636. The van der Waals surface area contributed by atoms with Crippen LogP contribution >= 0.6 is 0 Å². The van der Waals surface area contributed by atoms with E-state index in [4.69, 9.17) is 0 Å². The van der Waals surface area contributed by atoms with E-state index in [1.807, 2.05) is 18.2 Å². The van der Waals surface area contributed by atoms with Gasteiger partial charge in [-0.25, -0.2) is 0 Å². The quantitative estimate of drug-likeness (QED) is 0.756. The monoisotopic (exact) mass is 285 g/mol. The molecule has 0 radical (unpaired) electrons. The summed E-state index contributed by atoms with van der Waals surface area (Å²) < 4.78 is 0. The molecule has 0 heterocycles. The van der Waals surface area contributed by atoms with Crippen LogP contribution in [0.2, 0.25) is 0 Å². The molecule has 2 aromatic rings. The number of benzene rings is 2. The van der Waals surface area contributed by atoms with E-state index in [-0.39, 0.29) is 18.1 Å². The van der Waals surface area contributed by atoms with Crippen LogP contribution in [0.5, 0.6) is 5.75 Å². The Balaban J connectivity index is 2.06. The van der Waals surface area contributed by atoms with Crippen LogP contribution in [0.1, 0.15) is 24.5 Å². The van der Waals surface area contributed by atoms with E-state index < -0.39 is 5.60 Å². The maximum atomic E-state index is 12.1. The fraction of sp³-hybridized carbons (Fsp3) is 0.235. The van der Waals surface area contributed by atoms with Gasteiger partial charge >= 0.3 is 0 Å². The molecule has 2 rings (SSSR count). The predicted octanol–water partition coefficient (Wildman–Crippen LogP) is 2.94. The summed E-state index contributed by atoms with van der Waals surface area (Å²) in [5.41, 5.74) is 0.751. The lowest BCUT2D eigenvalue weighted by Gasteiger charge is -2.23. The highest BCUT2D eigenvalue weighted by Crippen LogP contribution is 2.25. The van der Waals surface area contributed by atoms with Gasteiger partial charge in [0.1, 0.15) is 5.75 Å². The van der Waals surface area contributed by atoms with Crippen molar-refractivity contribution < 1.29 is 15.0 Å². The van der Waals surface area contributed by atoms with Gasteiger partial charge in [-0.05, 0) is 43.2 Å². The third kappa shape index (κ3) is 3.83. The first kappa shape index (κ1) is 15.1. The minimum absolute atomic E-state index is 0.0447. The molecule has 21 heavy (non-hydrogen) atoms. The standard InChI is InChI=1S/C17H19NO3/c1-12-10-14(8-9-15(12)19)18-16(20)11-17(2,21)13-6-4-3-5-7-13/h3-10,19,21H,11H2,1-2H3,(H,18,20). The SMILES string of the molecule is Cc1cc(NC(=O)CC(C)(O)c2ccccc2)ccc1O. The number of phenols is 1. The fourth-order valence-corrected chi connectivity index (χ4v) is 2.15. The van der Waals surface area contributed by atoms with Gasteiger partial charge in [0.2, 0.25) is 5.91 Å². The molecule has 0 bridgehead atoms. The molecule has 0 saturated heterocycles. The average Bonchev–Trinajstić information content (AvgIpc) is 2.43. The third-order valence-corrected chi connectivity index (χ3v) is 3.38. The maximum Gasteiger partial charge on any atom is 0.227 e. The predicted molar refractivity (Wildman–Crippen MR) is 82.1 cm³/mol. The summed E-state index contributed by atoms with van der Waals surface area (Å²) in [6.45, 7) is 3.37. The summed E-state index contributed by atoms with van der Waals surface area (Å²) in [7, 11) is 0. The van der Waals surface area contributed by atoms with Crippen molar-refractivity contribution in [3.8, 4) is 5.75 Å². The fourth-order valence-electron chi connectivity index (χ4n) is 2.15. The van der Waals surface area contributed by atoms with E-state index in [9.17, 15) is 15.0 Å². The lowest BCUT2D eigenvalue weighted by molar-refractivity contribution is -0.120. The van der Waals surface area contributed by atoms with E-state index >= 15 is 0 Å². The number of hydrogen-bond donors (Lipinski definition) is 3. The number of rotatable bonds is 4. The summed E-state index contributed by atoms with van der Waals surface area (Å²) in [5, 5.41) is 22.6. The second-order valence-corrected chi connectivity index (χ2v) is 5.37. The zero-order valence-corrected chi connectivity index (χ0v) is 12.1. The van der Waals surface area contributed by atoms with Gasteiger partial charge in [-0.15, -0.1) is 0 Å². The lowest BCUT2D eigenvalue weighted by atomic mass is 9.92. The van der Waals surface area contributed by atoms with Crippen LogP contribution in [-0.4, -0.2) is 16.1 Å². The van der Waals surface area contributed by atoms with Gasteiger partial charge in [-0.3, -0.25) is 4.79 Å². The number of phenolic OH excluding ortho intramolecular Hbond substituents is 1. The van der Waals surface area contributed by atoms with Gasteiger partial charge in [0.05, 0.1) is 12.0 Å². The molecule has 1 unspecified atom stereocenters. The third-order valence-electron chi connectivity index (χ3n) is 3.38. The Morgan fingerprint density at radius 3 is 2.48 bits per heavy atom. The van der Waals surface area contributed by atoms with Crippen molar-refractivity contribution in [2.75, 3.05) is 5.32 Å². The molecule has 0 aliphatic heterocycles. The molecule has 4 heteroatoms. The number of aliphatic hydroxyl groups is 1. The van der Waals surface area contributed by atoms with Gasteiger partial charge in [0.15, 0.2) is 0 Å². The minimum Gasteiger partial charge on any atom is -0.508 e. The zero-order valence-electron chi connectivity index (χ0n) is 12.1. The van der Waals surface area contributed by atoms with E-state index in [1.165, 1.54) is 6.07 Å². The van der Waals surface area contributed by atoms with E-state index in [0.29, 0.717) is 16.8 Å². The largest absolute Gasteiger partial charge is 0.508 e. The topological polar surface area (TPSA) is 69.6 Å². The maximum absolute atomic E-state index is 12.1. The Morgan fingerprint density at radius 1 is 1.19 bits per heavy atom. The highest BCUT2D eigenvalue weighted by molar-refractivity contribution is 5.91. The number of aryl methyl sites for hydroxylation is 1. The first-order chi connectivity index (χ1) is 9.88. The van der Waals surface area contributed by atoms with Gasteiger partial charge in [0, 0.05) is 5.69 Å². The smallest absolute Gasteiger partial charge is 0.227 e. The van der Waals surface area contributed by atoms with Crippen LogP contribution in [0.25, 0.3) is 0 Å². The number of nitrogens with one attached hydrogen (secondary N) is 1. The van der Waals surface area contributed by atoms with E-state index in [2.05, 4.69) is 5.32 Å². The van der Waals surface area contributed by atoms with Gasteiger partial charge in [0.25, 0.3) is 0 Å². The molecule has 0 saturated carbocycles. The Labute approximate surface area is 124 Å². The normalized spacial score (nSPS) is 13.5. The summed E-state index contributed by atoms with van der Waals surface area (Å²) in [6.07, 6.45) is -0.0447. The van der Waals surface area contributed by atoms with Crippen molar-refractivity contribution in [3.05, 3.63) is 59.7 Å². The molecular weight excluding hydrogens is 266 g/mol. The number of carbonyl (C=O) groups excluding carboxylic acids is 1. The van der Waals surface area contributed by atoms with Crippen LogP contribution in [0.4, 0.5) is 5.69 Å². The van der Waals surface area contributed by atoms with Gasteiger partial charge < -0.3 is 15.5 Å². The second kappa shape index (κ2) is 5.97. The van der Waals surface area contributed by atoms with Gasteiger partial charge in [-0.1, -0.05) is 30.3 Å². The zero-order chi connectivity index (χ0) is 15.5. The molecule has 0 aliphatic carbocycles. The first-order valence-corrected chi connectivity index (χ1v) is 6.76. The minimum atomic E-state index is -1.22. The molecule has 0 aromatic heterocycles. The molecule has 1 atom stereocenters. The van der Waals surface area contributed by atoms with Crippen LogP contribution in [0, 0.1) is 6.92 Å². The summed E-state index contributed by atoms with van der Waals surface area (Å²) in [4.78, 5) is 12.1. The van der Waals surface area contributed by atoms with Crippen molar-refractivity contribution in [1.82, 2.24) is 0 Å². The average molecular weight is 285 g/mol. The van der Waals surface area contributed by atoms with Crippen molar-refractivity contribution in [3.63, 3.8) is 0 Å². The van der Waals surface area contributed by atoms with Crippen LogP contribution in [0.3, 0.4) is 0 Å². The van der Waals surface area contributed by atoms with Crippen molar-refractivity contribution in [1.29, 1.82) is 0 Å². The summed E-state index contributed by atoms with van der Waals surface area (Å²) >= 11 is 0. The molecule has 4 nitrogen and oxygen atoms in total. The Kier molecular flexibility index (Phi) is 4.29. The molecule has 2 aromatic carbocycles. The molecule has 110 valence electrons. The molecule has 0 fully saturated rings. The Hall–Kier alpha value is -2.33. The number of carbonyl (C=O) groups is 1. The number of amides is 1.